The van der Waals surface area contributed by atoms with Crippen LogP contribution in [0.15, 0.2) is 0 Å². The molecule has 1 amide bonds. The minimum Gasteiger partial charge on any atom is -0.383 e. The van der Waals surface area contributed by atoms with Gasteiger partial charge in [0.15, 0.2) is 5.13 Å². The number of hydrogen-bond donors (Lipinski definition) is 3. The maximum absolute atomic E-state index is 11.8. The summed E-state index contributed by atoms with van der Waals surface area (Å²) >= 11 is 1.25. The predicted molar refractivity (Wildman–Crippen MR) is 74.1 cm³/mol. The van der Waals surface area contributed by atoms with Gasteiger partial charge in [-0.3, -0.25) is 4.79 Å². The number of hydrogen-bond acceptors (Lipinski definition) is 6. The van der Waals surface area contributed by atoms with E-state index in [2.05, 4.69) is 15.6 Å². The molecule has 1 aromatic rings. The predicted octanol–water partition coefficient (Wildman–Crippen LogP) is 1.31. The van der Waals surface area contributed by atoms with Crippen LogP contribution in [0.5, 0.6) is 0 Å². The molecule has 0 saturated carbocycles. The van der Waals surface area contributed by atoms with Crippen molar-refractivity contribution in [3.8, 4) is 0 Å². The number of rotatable bonds is 5. The van der Waals surface area contributed by atoms with Crippen LogP contribution in [0.2, 0.25) is 0 Å². The average molecular weight is 272 g/mol. The second kappa shape index (κ2) is 6.01. The van der Waals surface area contributed by atoms with Gasteiger partial charge in [-0.05, 0) is 20.8 Å². The second-order valence-corrected chi connectivity index (χ2v) is 5.86. The topological polar surface area (TPSA) is 89.3 Å². The largest absolute Gasteiger partial charge is 0.383 e. The highest BCUT2D eigenvalue weighted by atomic mass is 32.1. The summed E-state index contributed by atoms with van der Waals surface area (Å²) in [7, 11) is 1.58. The van der Waals surface area contributed by atoms with E-state index in [0.717, 1.165) is 0 Å². The molecule has 1 heterocycles. The molecule has 0 fully saturated rings. The number of nitrogens with one attached hydrogen (secondary N) is 2. The van der Waals surface area contributed by atoms with Gasteiger partial charge in [0, 0.05) is 19.2 Å². The van der Waals surface area contributed by atoms with Crippen LogP contribution in [0.1, 0.15) is 30.4 Å². The van der Waals surface area contributed by atoms with Crippen molar-refractivity contribution in [3.05, 3.63) is 4.88 Å². The molecule has 102 valence electrons. The fourth-order valence-electron chi connectivity index (χ4n) is 1.22. The molecule has 6 nitrogen and oxygen atoms in total. The number of amides is 1. The Kier molecular flexibility index (Phi) is 4.92. The Morgan fingerprint density at radius 3 is 2.72 bits per heavy atom. The Morgan fingerprint density at radius 2 is 2.17 bits per heavy atom. The first-order valence-corrected chi connectivity index (χ1v) is 6.47. The third-order valence-electron chi connectivity index (χ3n) is 1.93. The Labute approximate surface area is 111 Å². The van der Waals surface area contributed by atoms with Gasteiger partial charge in [0.05, 0.1) is 6.61 Å². The number of methoxy groups -OCH3 is 1. The first-order chi connectivity index (χ1) is 8.33. The van der Waals surface area contributed by atoms with Crippen molar-refractivity contribution in [2.75, 3.05) is 31.3 Å². The van der Waals surface area contributed by atoms with Crippen molar-refractivity contribution in [1.82, 2.24) is 10.3 Å². The Morgan fingerprint density at radius 1 is 1.50 bits per heavy atom. The minimum absolute atomic E-state index is 0.117. The van der Waals surface area contributed by atoms with E-state index < -0.39 is 0 Å². The van der Waals surface area contributed by atoms with E-state index in [1.54, 1.807) is 7.11 Å². The zero-order valence-corrected chi connectivity index (χ0v) is 12.0. The molecule has 0 bridgehead atoms. The van der Waals surface area contributed by atoms with Crippen molar-refractivity contribution in [3.63, 3.8) is 0 Å². The summed E-state index contributed by atoms with van der Waals surface area (Å²) in [6.07, 6.45) is 0. The van der Waals surface area contributed by atoms with Gasteiger partial charge in [-0.25, -0.2) is 4.98 Å². The van der Waals surface area contributed by atoms with E-state index in [0.29, 0.717) is 23.2 Å². The van der Waals surface area contributed by atoms with Crippen molar-refractivity contribution in [2.45, 2.75) is 26.3 Å². The molecule has 0 spiro atoms. The number of thiazole rings is 1. The molecular formula is C11H20N4O2S. The van der Waals surface area contributed by atoms with Crippen LogP contribution in [0.25, 0.3) is 0 Å². The molecular weight excluding hydrogens is 252 g/mol. The SMILES string of the molecule is COCCNC(=O)c1sc(NC(C)(C)C)nc1N. The third-order valence-corrected chi connectivity index (χ3v) is 2.92. The molecule has 1 aromatic heterocycles. The van der Waals surface area contributed by atoms with Gasteiger partial charge in [-0.1, -0.05) is 11.3 Å². The number of anilines is 2. The van der Waals surface area contributed by atoms with Gasteiger partial charge < -0.3 is 21.1 Å². The lowest BCUT2D eigenvalue weighted by Gasteiger charge is -2.19. The van der Waals surface area contributed by atoms with Crippen LogP contribution in [-0.4, -0.2) is 36.7 Å². The molecule has 0 aliphatic rings. The molecule has 0 atom stereocenters. The van der Waals surface area contributed by atoms with Crippen LogP contribution in [0, 0.1) is 0 Å². The van der Waals surface area contributed by atoms with E-state index in [-0.39, 0.29) is 17.3 Å². The molecule has 4 N–H and O–H groups in total. The third kappa shape index (κ3) is 4.50. The zero-order chi connectivity index (χ0) is 13.8. The molecule has 0 aliphatic heterocycles. The number of aromatic nitrogens is 1. The number of nitrogens with two attached hydrogens (primary N) is 1. The Bertz CT molecular complexity index is 412. The summed E-state index contributed by atoms with van der Waals surface area (Å²) in [6, 6.07) is 0. The second-order valence-electron chi connectivity index (χ2n) is 4.86. The number of carbonyl (C=O) groups is 1. The lowest BCUT2D eigenvalue weighted by molar-refractivity contribution is 0.0942. The van der Waals surface area contributed by atoms with E-state index in [9.17, 15) is 4.79 Å². The highest BCUT2D eigenvalue weighted by Crippen LogP contribution is 2.26. The van der Waals surface area contributed by atoms with Crippen molar-refractivity contribution in [2.24, 2.45) is 0 Å². The number of carbonyl (C=O) groups excluding carboxylic acids is 1. The van der Waals surface area contributed by atoms with Crippen LogP contribution in [-0.2, 0) is 4.74 Å². The van der Waals surface area contributed by atoms with Crippen LogP contribution in [0.4, 0.5) is 10.9 Å². The fourth-order valence-corrected chi connectivity index (χ4v) is 2.23. The minimum atomic E-state index is -0.219. The van der Waals surface area contributed by atoms with Gasteiger partial charge in [0.2, 0.25) is 0 Å². The first kappa shape index (κ1) is 14.7. The fraction of sp³-hybridized carbons (Fsp3) is 0.636. The zero-order valence-electron chi connectivity index (χ0n) is 11.2. The van der Waals surface area contributed by atoms with E-state index in [4.69, 9.17) is 10.5 Å². The lowest BCUT2D eigenvalue weighted by atomic mass is 10.1. The molecule has 1 rings (SSSR count). The molecule has 18 heavy (non-hydrogen) atoms. The Hall–Kier alpha value is -1.34. The highest BCUT2D eigenvalue weighted by molar-refractivity contribution is 7.18. The van der Waals surface area contributed by atoms with Gasteiger partial charge >= 0.3 is 0 Å². The number of nitrogen functional groups attached to an aromatic ring is 1. The van der Waals surface area contributed by atoms with E-state index in [1.807, 2.05) is 20.8 Å². The average Bonchev–Trinajstić information content (AvgIpc) is 2.57. The molecule has 0 saturated heterocycles. The molecule has 0 unspecified atom stereocenters. The summed E-state index contributed by atoms with van der Waals surface area (Å²) in [5.41, 5.74) is 5.62. The van der Waals surface area contributed by atoms with Gasteiger partial charge in [0.1, 0.15) is 10.7 Å². The maximum atomic E-state index is 11.8. The standard InChI is InChI=1S/C11H20N4O2S/c1-11(2,3)15-10-14-8(12)7(18-10)9(16)13-5-6-17-4/h5-6,12H2,1-4H3,(H,13,16)(H,14,15). The molecule has 7 heteroatoms. The van der Waals surface area contributed by atoms with Crippen molar-refractivity contribution < 1.29 is 9.53 Å². The van der Waals surface area contributed by atoms with E-state index >= 15 is 0 Å². The van der Waals surface area contributed by atoms with Crippen LogP contribution in [0.3, 0.4) is 0 Å². The number of nitrogens with zero attached hydrogens (tertiary/aromatic N) is 1. The normalized spacial score (nSPS) is 11.3. The summed E-state index contributed by atoms with van der Waals surface area (Å²) in [5, 5.41) is 6.55. The highest BCUT2D eigenvalue weighted by Gasteiger charge is 2.18. The van der Waals surface area contributed by atoms with Crippen molar-refractivity contribution in [1.29, 1.82) is 0 Å². The summed E-state index contributed by atoms with van der Waals surface area (Å²) in [6.45, 7) is 6.97. The van der Waals surface area contributed by atoms with Crippen LogP contribution >= 0.6 is 11.3 Å². The smallest absolute Gasteiger partial charge is 0.265 e. The number of ether oxygens (including phenoxy) is 1. The lowest BCUT2D eigenvalue weighted by Crippen LogP contribution is -2.26. The van der Waals surface area contributed by atoms with Crippen molar-refractivity contribution >= 4 is 28.2 Å². The monoisotopic (exact) mass is 272 g/mol. The summed E-state index contributed by atoms with van der Waals surface area (Å²) in [5.74, 6) is 0.0330. The van der Waals surface area contributed by atoms with E-state index in [1.165, 1.54) is 11.3 Å². The maximum Gasteiger partial charge on any atom is 0.265 e. The van der Waals surface area contributed by atoms with Gasteiger partial charge in [0.25, 0.3) is 5.91 Å². The Balaban J connectivity index is 2.69. The van der Waals surface area contributed by atoms with Crippen LogP contribution < -0.4 is 16.4 Å². The quantitative estimate of drug-likeness (QED) is 0.703. The molecule has 0 radical (unpaired) electrons. The molecule has 0 aromatic carbocycles. The summed E-state index contributed by atoms with van der Waals surface area (Å²) < 4.78 is 4.86. The first-order valence-electron chi connectivity index (χ1n) is 5.65. The van der Waals surface area contributed by atoms with Gasteiger partial charge in [-0.2, -0.15) is 0 Å². The summed E-state index contributed by atoms with van der Waals surface area (Å²) in [4.78, 5) is 16.4. The molecule has 0 aliphatic carbocycles. The van der Waals surface area contributed by atoms with Gasteiger partial charge in [-0.15, -0.1) is 0 Å².